The minimum Gasteiger partial charge on any atom is -0.356 e. The second-order valence-corrected chi connectivity index (χ2v) is 9.42. The van der Waals surface area contributed by atoms with Gasteiger partial charge in [0.25, 0.3) is 0 Å². The lowest BCUT2D eigenvalue weighted by molar-refractivity contribution is 0.488. The van der Waals surface area contributed by atoms with E-state index in [9.17, 15) is 8.42 Å². The van der Waals surface area contributed by atoms with E-state index in [1.54, 1.807) is 13.1 Å². The van der Waals surface area contributed by atoms with E-state index >= 15 is 0 Å². The third-order valence-electron chi connectivity index (χ3n) is 4.84. The van der Waals surface area contributed by atoms with Crippen LogP contribution in [0.2, 0.25) is 0 Å². The van der Waals surface area contributed by atoms with Crippen molar-refractivity contribution in [2.45, 2.75) is 38.1 Å². The van der Waals surface area contributed by atoms with E-state index in [0.29, 0.717) is 23.3 Å². The fourth-order valence-electron chi connectivity index (χ4n) is 3.29. The van der Waals surface area contributed by atoms with E-state index in [2.05, 4.69) is 53.7 Å². The molecule has 0 amide bonds. The first kappa shape index (κ1) is 22.0. The first-order valence-electron chi connectivity index (χ1n) is 9.51. The summed E-state index contributed by atoms with van der Waals surface area (Å²) in [5, 5.41) is 6.72. The molecule has 0 aromatic heterocycles. The number of hydrogen-bond donors (Lipinski definition) is 2. The Morgan fingerprint density at radius 3 is 2.29 bits per heavy atom. The smallest absolute Gasteiger partial charge is 0.191 e. The number of benzene rings is 2. The SMILES string of the molecule is CN=C(NCc1ccc(S(C)(=O)=O)c(C)c1)NCC(c1ccccc1)C(C)C. The molecule has 2 N–H and O–H groups in total. The molecular formula is C22H31N3O2S. The fraction of sp³-hybridized carbons (Fsp3) is 0.409. The number of guanidine groups is 1. The Bertz CT molecular complexity index is 907. The zero-order valence-electron chi connectivity index (χ0n) is 17.4. The first-order chi connectivity index (χ1) is 13.2. The Labute approximate surface area is 169 Å². The van der Waals surface area contributed by atoms with E-state index in [1.165, 1.54) is 11.8 Å². The van der Waals surface area contributed by atoms with Crippen LogP contribution in [-0.2, 0) is 16.4 Å². The van der Waals surface area contributed by atoms with Crippen LogP contribution in [-0.4, -0.2) is 34.2 Å². The van der Waals surface area contributed by atoms with Gasteiger partial charge in [0.05, 0.1) is 4.90 Å². The highest BCUT2D eigenvalue weighted by molar-refractivity contribution is 7.90. The third-order valence-corrected chi connectivity index (χ3v) is 6.10. The maximum atomic E-state index is 11.8. The molecule has 1 atom stereocenters. The van der Waals surface area contributed by atoms with Crippen molar-refractivity contribution < 1.29 is 8.42 Å². The molecule has 0 aliphatic carbocycles. The van der Waals surface area contributed by atoms with E-state index in [1.807, 2.05) is 25.1 Å². The van der Waals surface area contributed by atoms with Gasteiger partial charge >= 0.3 is 0 Å². The van der Waals surface area contributed by atoms with E-state index in [4.69, 9.17) is 0 Å². The largest absolute Gasteiger partial charge is 0.356 e. The average Bonchev–Trinajstić information content (AvgIpc) is 2.64. The molecule has 0 saturated heterocycles. The van der Waals surface area contributed by atoms with E-state index in [0.717, 1.165) is 23.6 Å². The second-order valence-electron chi connectivity index (χ2n) is 7.44. The zero-order valence-corrected chi connectivity index (χ0v) is 18.2. The molecule has 1 unspecified atom stereocenters. The minimum absolute atomic E-state index is 0.376. The van der Waals surface area contributed by atoms with Crippen LogP contribution in [0.25, 0.3) is 0 Å². The summed E-state index contributed by atoms with van der Waals surface area (Å²) in [6.07, 6.45) is 1.23. The molecule has 0 heterocycles. The van der Waals surface area contributed by atoms with Gasteiger partial charge in [-0.3, -0.25) is 4.99 Å². The Kier molecular flexibility index (Phi) is 7.63. The van der Waals surface area contributed by atoms with Crippen LogP contribution in [0.15, 0.2) is 58.4 Å². The minimum atomic E-state index is -3.20. The first-order valence-corrected chi connectivity index (χ1v) is 11.4. The van der Waals surface area contributed by atoms with Crippen LogP contribution in [0.3, 0.4) is 0 Å². The summed E-state index contributed by atoms with van der Waals surface area (Å²) in [6, 6.07) is 15.9. The van der Waals surface area contributed by atoms with Crippen molar-refractivity contribution in [1.29, 1.82) is 0 Å². The lowest BCUT2D eigenvalue weighted by atomic mass is 9.88. The normalized spacial score (nSPS) is 13.4. The summed E-state index contributed by atoms with van der Waals surface area (Å²) < 4.78 is 23.5. The molecule has 5 nitrogen and oxygen atoms in total. The molecule has 2 rings (SSSR count). The van der Waals surface area contributed by atoms with Gasteiger partial charge in [-0.05, 0) is 35.6 Å². The highest BCUT2D eigenvalue weighted by atomic mass is 32.2. The molecule has 0 spiro atoms. The lowest BCUT2D eigenvalue weighted by Gasteiger charge is -2.23. The number of hydrogen-bond acceptors (Lipinski definition) is 3. The highest BCUT2D eigenvalue weighted by Crippen LogP contribution is 2.23. The van der Waals surface area contributed by atoms with E-state index in [-0.39, 0.29) is 0 Å². The number of sulfone groups is 1. The molecule has 152 valence electrons. The number of nitrogens with zero attached hydrogens (tertiary/aromatic N) is 1. The van der Waals surface area contributed by atoms with E-state index < -0.39 is 9.84 Å². The molecule has 0 radical (unpaired) electrons. The lowest BCUT2D eigenvalue weighted by Crippen LogP contribution is -2.39. The van der Waals surface area contributed by atoms with Crippen LogP contribution in [0, 0.1) is 12.8 Å². The van der Waals surface area contributed by atoms with Gasteiger partial charge in [0.15, 0.2) is 15.8 Å². The van der Waals surface area contributed by atoms with Crippen LogP contribution in [0.4, 0.5) is 0 Å². The molecule has 0 bridgehead atoms. The van der Waals surface area contributed by atoms with Crippen molar-refractivity contribution in [1.82, 2.24) is 10.6 Å². The summed E-state index contributed by atoms with van der Waals surface area (Å²) in [7, 11) is -1.45. The zero-order chi connectivity index (χ0) is 20.7. The Morgan fingerprint density at radius 2 is 1.75 bits per heavy atom. The topological polar surface area (TPSA) is 70.6 Å². The van der Waals surface area contributed by atoms with Crippen molar-refractivity contribution in [2.75, 3.05) is 19.8 Å². The molecule has 2 aromatic rings. The fourth-order valence-corrected chi connectivity index (χ4v) is 4.25. The molecule has 0 aliphatic rings. The molecule has 6 heteroatoms. The summed E-state index contributed by atoms with van der Waals surface area (Å²) in [5.41, 5.74) is 3.08. The number of nitrogens with one attached hydrogen (secondary N) is 2. The standard InChI is InChI=1S/C22H31N3O2S/c1-16(2)20(19-9-7-6-8-10-19)15-25-22(23-4)24-14-18-11-12-21(17(3)13-18)28(5,26)27/h6-13,16,20H,14-15H2,1-5H3,(H2,23,24,25). The van der Waals surface area contributed by atoms with Gasteiger partial charge in [-0.25, -0.2) is 8.42 Å². The molecule has 0 aliphatic heterocycles. The van der Waals surface area contributed by atoms with Crippen LogP contribution < -0.4 is 10.6 Å². The van der Waals surface area contributed by atoms with Crippen LogP contribution in [0.1, 0.15) is 36.5 Å². The quantitative estimate of drug-likeness (QED) is 0.550. The van der Waals surface area contributed by atoms with Crippen LogP contribution >= 0.6 is 0 Å². The van der Waals surface area contributed by atoms with Gasteiger partial charge in [0.1, 0.15) is 0 Å². The Balaban J connectivity index is 1.99. The molecule has 0 saturated carbocycles. The predicted octanol–water partition coefficient (Wildman–Crippen LogP) is 3.50. The van der Waals surface area contributed by atoms with Gasteiger partial charge in [0.2, 0.25) is 0 Å². The van der Waals surface area contributed by atoms with Crippen molar-refractivity contribution in [2.24, 2.45) is 10.9 Å². The molecule has 28 heavy (non-hydrogen) atoms. The number of aliphatic imine (C=N–C) groups is 1. The molecular weight excluding hydrogens is 370 g/mol. The summed E-state index contributed by atoms with van der Waals surface area (Å²) in [5.74, 6) is 1.61. The van der Waals surface area contributed by atoms with Crippen molar-refractivity contribution in [3.63, 3.8) is 0 Å². The number of rotatable bonds is 7. The maximum Gasteiger partial charge on any atom is 0.191 e. The van der Waals surface area contributed by atoms with Gasteiger partial charge in [-0.2, -0.15) is 0 Å². The Morgan fingerprint density at radius 1 is 1.07 bits per heavy atom. The van der Waals surface area contributed by atoms with Gasteiger partial charge in [0, 0.05) is 32.3 Å². The molecule has 0 fully saturated rings. The molecule has 2 aromatic carbocycles. The predicted molar refractivity (Wildman–Crippen MR) is 117 cm³/mol. The highest BCUT2D eigenvalue weighted by Gasteiger charge is 2.16. The van der Waals surface area contributed by atoms with Crippen molar-refractivity contribution in [3.05, 3.63) is 65.2 Å². The second kappa shape index (κ2) is 9.73. The average molecular weight is 402 g/mol. The Hall–Kier alpha value is -2.34. The third kappa shape index (κ3) is 6.09. The summed E-state index contributed by atoms with van der Waals surface area (Å²) in [6.45, 7) is 7.62. The monoisotopic (exact) mass is 401 g/mol. The van der Waals surface area contributed by atoms with Crippen molar-refractivity contribution >= 4 is 15.8 Å². The number of aryl methyl sites for hydroxylation is 1. The van der Waals surface area contributed by atoms with Gasteiger partial charge in [-0.1, -0.05) is 56.3 Å². The van der Waals surface area contributed by atoms with Crippen LogP contribution in [0.5, 0.6) is 0 Å². The summed E-state index contributed by atoms with van der Waals surface area (Å²) in [4.78, 5) is 4.68. The maximum absolute atomic E-state index is 11.8. The summed E-state index contributed by atoms with van der Waals surface area (Å²) >= 11 is 0. The van der Waals surface area contributed by atoms with Gasteiger partial charge < -0.3 is 10.6 Å². The van der Waals surface area contributed by atoms with Gasteiger partial charge in [-0.15, -0.1) is 0 Å². The van der Waals surface area contributed by atoms with Crippen molar-refractivity contribution in [3.8, 4) is 0 Å².